The quantitative estimate of drug-likeness (QED) is 0.217. The van der Waals surface area contributed by atoms with Crippen LogP contribution < -0.4 is 5.32 Å². The van der Waals surface area contributed by atoms with Crippen LogP contribution >= 0.6 is 11.6 Å². The molecule has 1 amide bonds. The van der Waals surface area contributed by atoms with E-state index in [1.165, 1.54) is 0 Å². The van der Waals surface area contributed by atoms with Crippen molar-refractivity contribution >= 4 is 34.2 Å². The van der Waals surface area contributed by atoms with Gasteiger partial charge in [-0.3, -0.25) is 9.59 Å². The van der Waals surface area contributed by atoms with Gasteiger partial charge in [0.25, 0.3) is 5.91 Å². The lowest BCUT2D eigenvalue weighted by atomic mass is 9.73. The molecule has 39 heavy (non-hydrogen) atoms. The molecular formula is C33H31ClN2O3. The SMILES string of the molecule is CCCC(c1ccc(C(=O)NCCC(=O)O)cc1)C(c1ccc(Cl)cc1)c1cccc2c(C#N)cc(C)cc12. The zero-order valence-corrected chi connectivity index (χ0v) is 22.8. The summed E-state index contributed by atoms with van der Waals surface area (Å²) in [6, 6.07) is 28.2. The maximum atomic E-state index is 12.5. The zero-order chi connectivity index (χ0) is 27.9. The summed E-state index contributed by atoms with van der Waals surface area (Å²) in [6.07, 6.45) is 1.74. The van der Waals surface area contributed by atoms with Crippen LogP contribution in [0.25, 0.3) is 10.8 Å². The van der Waals surface area contributed by atoms with Crippen LogP contribution in [-0.4, -0.2) is 23.5 Å². The van der Waals surface area contributed by atoms with Gasteiger partial charge in [0.15, 0.2) is 0 Å². The van der Waals surface area contributed by atoms with Crippen molar-refractivity contribution in [2.45, 2.75) is 44.9 Å². The molecule has 0 saturated carbocycles. The van der Waals surface area contributed by atoms with Crippen molar-refractivity contribution in [3.05, 3.63) is 117 Å². The van der Waals surface area contributed by atoms with Crippen LogP contribution in [0.4, 0.5) is 0 Å². The van der Waals surface area contributed by atoms with Crippen LogP contribution in [0.15, 0.2) is 78.9 Å². The molecule has 4 aromatic rings. The number of nitrogens with zero attached hydrogens (tertiary/aromatic N) is 1. The topological polar surface area (TPSA) is 90.2 Å². The molecule has 0 aliphatic heterocycles. The summed E-state index contributed by atoms with van der Waals surface area (Å²) in [5.41, 5.74) is 5.55. The van der Waals surface area contributed by atoms with E-state index >= 15 is 0 Å². The molecule has 0 saturated heterocycles. The smallest absolute Gasteiger partial charge is 0.305 e. The number of carbonyl (C=O) groups excluding carboxylic acids is 1. The van der Waals surface area contributed by atoms with Gasteiger partial charge >= 0.3 is 5.97 Å². The molecule has 0 aliphatic carbocycles. The Morgan fingerprint density at radius 3 is 2.31 bits per heavy atom. The average Bonchev–Trinajstić information content (AvgIpc) is 2.93. The monoisotopic (exact) mass is 538 g/mol. The number of carboxylic acid groups (broad SMARTS) is 1. The molecule has 0 fully saturated rings. The number of fused-ring (bicyclic) bond motifs is 1. The van der Waals surface area contributed by atoms with Crippen LogP contribution in [0, 0.1) is 18.3 Å². The summed E-state index contributed by atoms with van der Waals surface area (Å²) < 4.78 is 0. The van der Waals surface area contributed by atoms with Crippen molar-refractivity contribution < 1.29 is 14.7 Å². The number of amides is 1. The zero-order valence-electron chi connectivity index (χ0n) is 22.1. The number of halogens is 1. The Morgan fingerprint density at radius 1 is 0.974 bits per heavy atom. The Labute approximate surface area is 234 Å². The molecule has 0 aliphatic rings. The summed E-state index contributed by atoms with van der Waals surface area (Å²) in [5, 5.41) is 24.0. The normalized spacial score (nSPS) is 12.5. The summed E-state index contributed by atoms with van der Waals surface area (Å²) in [5.74, 6) is -1.17. The second-order valence-corrected chi connectivity index (χ2v) is 10.2. The molecule has 0 bridgehead atoms. The number of hydrogen-bond acceptors (Lipinski definition) is 3. The third-order valence-corrected chi connectivity index (χ3v) is 7.34. The first-order valence-corrected chi connectivity index (χ1v) is 13.5. The maximum absolute atomic E-state index is 12.5. The first kappa shape index (κ1) is 27.9. The van der Waals surface area contributed by atoms with Crippen LogP contribution in [0.1, 0.15) is 76.2 Å². The van der Waals surface area contributed by atoms with E-state index in [0.717, 1.165) is 45.9 Å². The van der Waals surface area contributed by atoms with Gasteiger partial charge in [0, 0.05) is 23.0 Å². The molecule has 2 atom stereocenters. The minimum atomic E-state index is -0.952. The molecule has 4 rings (SSSR count). The summed E-state index contributed by atoms with van der Waals surface area (Å²) in [7, 11) is 0. The summed E-state index contributed by atoms with van der Waals surface area (Å²) >= 11 is 6.27. The number of nitrogens with one attached hydrogen (secondary N) is 1. The van der Waals surface area contributed by atoms with Crippen molar-refractivity contribution in [1.29, 1.82) is 5.26 Å². The highest BCUT2D eigenvalue weighted by Crippen LogP contribution is 2.44. The third-order valence-electron chi connectivity index (χ3n) is 7.09. The summed E-state index contributed by atoms with van der Waals surface area (Å²) in [6.45, 7) is 4.26. The number of nitriles is 1. The Balaban J connectivity index is 1.81. The standard InChI is InChI=1S/C33H31ClN2O3/c1-3-5-28(22-8-10-24(11-9-22)33(39)36-17-16-31(37)38)32(23-12-14-26(34)15-13-23)29-7-4-6-27-25(20-35)18-21(2)19-30(27)29/h4,6-15,18-19,28,32H,3,5,16-17H2,1-2H3,(H,36,39)(H,37,38). The van der Waals surface area contributed by atoms with Gasteiger partial charge in [-0.05, 0) is 82.6 Å². The number of aliphatic carboxylic acids is 1. The van der Waals surface area contributed by atoms with Gasteiger partial charge < -0.3 is 10.4 Å². The van der Waals surface area contributed by atoms with Crippen molar-refractivity contribution in [2.24, 2.45) is 0 Å². The Hall–Kier alpha value is -4.14. The number of rotatable bonds is 10. The van der Waals surface area contributed by atoms with Crippen LogP contribution in [0.5, 0.6) is 0 Å². The first-order chi connectivity index (χ1) is 18.8. The van der Waals surface area contributed by atoms with Crippen LogP contribution in [0.3, 0.4) is 0 Å². The number of carboxylic acids is 1. The van der Waals surface area contributed by atoms with E-state index in [1.54, 1.807) is 12.1 Å². The molecule has 0 heterocycles. The Bertz CT molecular complexity index is 1520. The number of hydrogen-bond donors (Lipinski definition) is 2. The minimum absolute atomic E-state index is 0.0190. The van der Waals surface area contributed by atoms with E-state index in [2.05, 4.69) is 42.6 Å². The molecule has 0 radical (unpaired) electrons. The number of benzene rings is 4. The fraction of sp³-hybridized carbons (Fsp3) is 0.242. The fourth-order valence-electron chi connectivity index (χ4n) is 5.32. The number of aryl methyl sites for hydroxylation is 1. The first-order valence-electron chi connectivity index (χ1n) is 13.1. The number of carbonyl (C=O) groups is 2. The second kappa shape index (κ2) is 12.6. The lowest BCUT2D eigenvalue weighted by molar-refractivity contribution is -0.136. The maximum Gasteiger partial charge on any atom is 0.305 e. The van der Waals surface area contributed by atoms with Gasteiger partial charge in [-0.15, -0.1) is 0 Å². The van der Waals surface area contributed by atoms with E-state index in [0.29, 0.717) is 16.1 Å². The van der Waals surface area contributed by atoms with Gasteiger partial charge in [-0.2, -0.15) is 5.26 Å². The molecule has 2 N–H and O–H groups in total. The van der Waals surface area contributed by atoms with Crippen LogP contribution in [-0.2, 0) is 4.79 Å². The second-order valence-electron chi connectivity index (χ2n) is 9.81. The van der Waals surface area contributed by atoms with E-state index in [4.69, 9.17) is 16.7 Å². The molecular weight excluding hydrogens is 508 g/mol. The van der Waals surface area contributed by atoms with Gasteiger partial charge in [0.2, 0.25) is 0 Å². The Kier molecular flexibility index (Phi) is 9.01. The van der Waals surface area contributed by atoms with E-state index in [-0.39, 0.29) is 30.7 Å². The van der Waals surface area contributed by atoms with Crippen molar-refractivity contribution in [2.75, 3.05) is 6.54 Å². The van der Waals surface area contributed by atoms with Gasteiger partial charge in [0.1, 0.15) is 0 Å². The van der Waals surface area contributed by atoms with Crippen molar-refractivity contribution in [1.82, 2.24) is 5.32 Å². The highest BCUT2D eigenvalue weighted by Gasteiger charge is 2.28. The fourth-order valence-corrected chi connectivity index (χ4v) is 5.45. The van der Waals surface area contributed by atoms with E-state index in [1.807, 2.05) is 49.4 Å². The molecule has 4 aromatic carbocycles. The van der Waals surface area contributed by atoms with E-state index < -0.39 is 5.97 Å². The third kappa shape index (κ3) is 6.47. The van der Waals surface area contributed by atoms with Crippen molar-refractivity contribution in [3.63, 3.8) is 0 Å². The Morgan fingerprint density at radius 2 is 1.67 bits per heavy atom. The highest BCUT2D eigenvalue weighted by molar-refractivity contribution is 6.30. The van der Waals surface area contributed by atoms with Gasteiger partial charge in [-0.1, -0.05) is 73.5 Å². The predicted octanol–water partition coefficient (Wildman–Crippen LogP) is 7.59. The average molecular weight is 539 g/mol. The predicted molar refractivity (Wildman–Crippen MR) is 155 cm³/mol. The molecule has 0 aromatic heterocycles. The largest absolute Gasteiger partial charge is 0.481 e. The van der Waals surface area contributed by atoms with E-state index in [9.17, 15) is 14.9 Å². The molecule has 2 unspecified atom stereocenters. The molecule has 198 valence electrons. The van der Waals surface area contributed by atoms with Gasteiger partial charge in [-0.25, -0.2) is 0 Å². The molecule has 6 heteroatoms. The summed E-state index contributed by atoms with van der Waals surface area (Å²) in [4.78, 5) is 23.3. The van der Waals surface area contributed by atoms with Gasteiger partial charge in [0.05, 0.1) is 18.1 Å². The minimum Gasteiger partial charge on any atom is -0.481 e. The van der Waals surface area contributed by atoms with Crippen LogP contribution in [0.2, 0.25) is 5.02 Å². The molecule has 0 spiro atoms. The molecule has 5 nitrogen and oxygen atoms in total. The highest BCUT2D eigenvalue weighted by atomic mass is 35.5. The lowest BCUT2D eigenvalue weighted by Crippen LogP contribution is -2.26. The van der Waals surface area contributed by atoms with Crippen molar-refractivity contribution in [3.8, 4) is 6.07 Å². The lowest BCUT2D eigenvalue weighted by Gasteiger charge is -2.30.